The van der Waals surface area contributed by atoms with Crippen LogP contribution in [-0.2, 0) is 4.74 Å². The fourth-order valence-corrected chi connectivity index (χ4v) is 3.16. The summed E-state index contributed by atoms with van der Waals surface area (Å²) in [5.74, 6) is -0.409. The van der Waals surface area contributed by atoms with Crippen molar-refractivity contribution in [3.63, 3.8) is 0 Å². The van der Waals surface area contributed by atoms with Crippen LogP contribution in [0.2, 0.25) is 5.15 Å². The lowest BCUT2D eigenvalue weighted by molar-refractivity contribution is 0.0606. The van der Waals surface area contributed by atoms with Gasteiger partial charge in [0.25, 0.3) is 0 Å². The van der Waals surface area contributed by atoms with Gasteiger partial charge in [-0.1, -0.05) is 35.8 Å². The first-order valence-electron chi connectivity index (χ1n) is 5.72. The van der Waals surface area contributed by atoms with Gasteiger partial charge in [0.1, 0.15) is 0 Å². The molecular formula is C11H15ClN2O2S. The normalized spacial score (nSPS) is 16.7. The molecule has 1 aliphatic rings. The number of hydrogen-bond acceptors (Lipinski definition) is 5. The number of anilines is 1. The Morgan fingerprint density at radius 3 is 2.59 bits per heavy atom. The number of nitrogens with zero attached hydrogens (tertiary/aromatic N) is 2. The summed E-state index contributed by atoms with van der Waals surface area (Å²) in [6.07, 6.45) is 4.87. The highest BCUT2D eigenvalue weighted by Gasteiger charge is 2.21. The van der Waals surface area contributed by atoms with E-state index in [1.165, 1.54) is 44.1 Å². The van der Waals surface area contributed by atoms with Crippen molar-refractivity contribution in [2.24, 2.45) is 0 Å². The first-order valence-corrected chi connectivity index (χ1v) is 6.91. The first-order chi connectivity index (χ1) is 8.22. The second-order valence-corrected chi connectivity index (χ2v) is 5.34. The largest absolute Gasteiger partial charge is 0.465 e. The fourth-order valence-electron chi connectivity index (χ4n) is 1.91. The molecule has 0 radical (unpaired) electrons. The van der Waals surface area contributed by atoms with Crippen LogP contribution in [-0.4, -0.2) is 31.2 Å². The quantitative estimate of drug-likeness (QED) is 0.778. The molecule has 0 amide bonds. The molecule has 17 heavy (non-hydrogen) atoms. The Bertz CT molecular complexity index is 400. The Kier molecular flexibility index (Phi) is 4.23. The monoisotopic (exact) mass is 274 g/mol. The van der Waals surface area contributed by atoms with Gasteiger partial charge in [0.05, 0.1) is 7.11 Å². The standard InChI is InChI=1S/C11H15ClN2O2S/c1-16-10(15)8-9(12)13-11(17-8)14-6-4-2-3-5-7-14/h2-7H2,1H3. The summed E-state index contributed by atoms with van der Waals surface area (Å²) >= 11 is 7.27. The number of aromatic nitrogens is 1. The smallest absolute Gasteiger partial charge is 0.351 e. The lowest BCUT2D eigenvalue weighted by Gasteiger charge is -2.18. The van der Waals surface area contributed by atoms with Crippen LogP contribution >= 0.6 is 22.9 Å². The van der Waals surface area contributed by atoms with E-state index in [4.69, 9.17) is 11.6 Å². The van der Waals surface area contributed by atoms with Gasteiger partial charge in [-0.25, -0.2) is 9.78 Å². The van der Waals surface area contributed by atoms with Gasteiger partial charge in [0.15, 0.2) is 15.2 Å². The van der Waals surface area contributed by atoms with Gasteiger partial charge < -0.3 is 9.64 Å². The molecule has 0 spiro atoms. The van der Waals surface area contributed by atoms with Crippen molar-refractivity contribution in [2.45, 2.75) is 25.7 Å². The van der Waals surface area contributed by atoms with E-state index in [1.54, 1.807) is 0 Å². The molecule has 1 aromatic rings. The maximum absolute atomic E-state index is 11.4. The number of methoxy groups -OCH3 is 1. The van der Waals surface area contributed by atoms with Gasteiger partial charge in [-0.3, -0.25) is 0 Å². The zero-order chi connectivity index (χ0) is 12.3. The van der Waals surface area contributed by atoms with Crippen molar-refractivity contribution >= 4 is 34.0 Å². The summed E-state index contributed by atoms with van der Waals surface area (Å²) in [5, 5.41) is 1.08. The van der Waals surface area contributed by atoms with Crippen LogP contribution in [0.5, 0.6) is 0 Å². The van der Waals surface area contributed by atoms with Crippen molar-refractivity contribution in [1.29, 1.82) is 0 Å². The molecule has 1 fully saturated rings. The number of ether oxygens (including phenoxy) is 1. The van der Waals surface area contributed by atoms with E-state index < -0.39 is 5.97 Å². The first kappa shape index (κ1) is 12.6. The molecule has 0 bridgehead atoms. The average Bonchev–Trinajstić information content (AvgIpc) is 2.57. The van der Waals surface area contributed by atoms with Crippen LogP contribution < -0.4 is 4.90 Å². The molecule has 6 heteroatoms. The number of thiazole rings is 1. The molecule has 0 aromatic carbocycles. The van der Waals surface area contributed by atoms with Crippen molar-refractivity contribution in [2.75, 3.05) is 25.1 Å². The van der Waals surface area contributed by atoms with Gasteiger partial charge in [0.2, 0.25) is 0 Å². The highest BCUT2D eigenvalue weighted by atomic mass is 35.5. The molecule has 0 unspecified atom stereocenters. The minimum atomic E-state index is -0.409. The third-order valence-corrected chi connectivity index (χ3v) is 4.30. The minimum Gasteiger partial charge on any atom is -0.465 e. The maximum Gasteiger partial charge on any atom is 0.351 e. The summed E-state index contributed by atoms with van der Waals surface area (Å²) < 4.78 is 4.67. The zero-order valence-corrected chi connectivity index (χ0v) is 11.3. The van der Waals surface area contributed by atoms with E-state index >= 15 is 0 Å². The van der Waals surface area contributed by atoms with Crippen LogP contribution in [0.3, 0.4) is 0 Å². The zero-order valence-electron chi connectivity index (χ0n) is 9.74. The topological polar surface area (TPSA) is 42.4 Å². The van der Waals surface area contributed by atoms with Crippen LogP contribution in [0, 0.1) is 0 Å². The molecule has 4 nitrogen and oxygen atoms in total. The molecule has 1 aromatic heterocycles. The number of esters is 1. The van der Waals surface area contributed by atoms with Crippen LogP contribution in [0.15, 0.2) is 0 Å². The molecule has 0 saturated carbocycles. The van der Waals surface area contributed by atoms with Crippen molar-refractivity contribution in [3.05, 3.63) is 10.0 Å². The van der Waals surface area contributed by atoms with Crippen LogP contribution in [0.1, 0.15) is 35.4 Å². The van der Waals surface area contributed by atoms with E-state index in [1.807, 2.05) is 0 Å². The van der Waals surface area contributed by atoms with Crippen LogP contribution in [0.25, 0.3) is 0 Å². The van der Waals surface area contributed by atoms with Crippen molar-refractivity contribution < 1.29 is 9.53 Å². The summed E-state index contributed by atoms with van der Waals surface area (Å²) in [6.45, 7) is 1.98. The minimum absolute atomic E-state index is 0.251. The number of hydrogen-bond donors (Lipinski definition) is 0. The molecular weight excluding hydrogens is 260 g/mol. The molecule has 0 N–H and O–H groups in total. The Hall–Kier alpha value is -0.810. The molecule has 1 aliphatic heterocycles. The highest BCUT2D eigenvalue weighted by Crippen LogP contribution is 2.31. The highest BCUT2D eigenvalue weighted by molar-refractivity contribution is 7.18. The lowest BCUT2D eigenvalue weighted by atomic mass is 10.2. The van der Waals surface area contributed by atoms with Gasteiger partial charge >= 0.3 is 5.97 Å². The third-order valence-electron chi connectivity index (χ3n) is 2.82. The molecule has 1 saturated heterocycles. The summed E-state index contributed by atoms with van der Waals surface area (Å²) in [7, 11) is 1.35. The van der Waals surface area contributed by atoms with Gasteiger partial charge in [-0.05, 0) is 12.8 Å². The Morgan fingerprint density at radius 1 is 1.35 bits per heavy atom. The maximum atomic E-state index is 11.4. The lowest BCUT2D eigenvalue weighted by Crippen LogP contribution is -2.23. The van der Waals surface area contributed by atoms with E-state index in [9.17, 15) is 4.79 Å². The van der Waals surface area contributed by atoms with Crippen molar-refractivity contribution in [1.82, 2.24) is 4.98 Å². The number of carbonyl (C=O) groups is 1. The van der Waals surface area contributed by atoms with E-state index in [-0.39, 0.29) is 5.15 Å². The number of rotatable bonds is 2. The SMILES string of the molecule is COC(=O)c1sc(N2CCCCCC2)nc1Cl. The molecule has 2 rings (SSSR count). The third kappa shape index (κ3) is 2.90. The predicted molar refractivity (Wildman–Crippen MR) is 69.1 cm³/mol. The molecule has 2 heterocycles. The Balaban J connectivity index is 2.18. The predicted octanol–water partition coefficient (Wildman–Crippen LogP) is 2.96. The number of halogens is 1. The average molecular weight is 275 g/mol. The van der Waals surface area contributed by atoms with E-state index in [0.29, 0.717) is 4.88 Å². The van der Waals surface area contributed by atoms with Gasteiger partial charge in [-0.15, -0.1) is 0 Å². The van der Waals surface area contributed by atoms with E-state index in [2.05, 4.69) is 14.6 Å². The molecule has 94 valence electrons. The summed E-state index contributed by atoms with van der Waals surface area (Å²) in [6, 6.07) is 0. The molecule has 0 aliphatic carbocycles. The second-order valence-electron chi connectivity index (χ2n) is 4.01. The number of carbonyl (C=O) groups excluding carboxylic acids is 1. The summed E-state index contributed by atoms with van der Waals surface area (Å²) in [5.41, 5.74) is 0. The Labute approximate surface area is 110 Å². The second kappa shape index (κ2) is 5.69. The van der Waals surface area contributed by atoms with Crippen LogP contribution in [0.4, 0.5) is 5.13 Å². The van der Waals surface area contributed by atoms with E-state index in [0.717, 1.165) is 18.2 Å². The molecule has 0 atom stereocenters. The van der Waals surface area contributed by atoms with Gasteiger partial charge in [0, 0.05) is 13.1 Å². The summed E-state index contributed by atoms with van der Waals surface area (Å²) in [4.78, 5) is 18.3. The Morgan fingerprint density at radius 2 is 2.00 bits per heavy atom. The fraction of sp³-hybridized carbons (Fsp3) is 0.636. The van der Waals surface area contributed by atoms with Gasteiger partial charge in [-0.2, -0.15) is 0 Å². The van der Waals surface area contributed by atoms with Crippen molar-refractivity contribution in [3.8, 4) is 0 Å².